The van der Waals surface area contributed by atoms with Gasteiger partial charge in [0.2, 0.25) is 0 Å². The first kappa shape index (κ1) is 14.4. The van der Waals surface area contributed by atoms with Crippen molar-refractivity contribution in [1.82, 2.24) is 0 Å². The van der Waals surface area contributed by atoms with Crippen LogP contribution in [0, 0.1) is 0 Å². The van der Waals surface area contributed by atoms with Gasteiger partial charge in [-0.1, -0.05) is 18.2 Å². The van der Waals surface area contributed by atoms with Crippen molar-refractivity contribution in [2.24, 2.45) is 0 Å². The van der Waals surface area contributed by atoms with E-state index < -0.39 is 6.36 Å². The molecule has 1 aliphatic heterocycles. The Labute approximate surface area is 124 Å². The molecular weight excluding hydrogens is 297 g/mol. The Balaban J connectivity index is 1.87. The van der Waals surface area contributed by atoms with Crippen LogP contribution < -0.4 is 9.47 Å². The molecule has 0 aromatic heterocycles. The molecule has 2 aromatic rings. The van der Waals surface area contributed by atoms with Gasteiger partial charge in [0.05, 0.1) is 12.2 Å². The minimum absolute atomic E-state index is 0.0294. The lowest BCUT2D eigenvalue weighted by Gasteiger charge is -2.17. The molecule has 22 heavy (non-hydrogen) atoms. The van der Waals surface area contributed by atoms with Gasteiger partial charge in [0.15, 0.2) is 5.78 Å². The SMILES string of the molecule is O=C1CCOc2cc(-c3ccc(OC(F)(F)F)cc3)ccc21. The average molecular weight is 308 g/mol. The highest BCUT2D eigenvalue weighted by Crippen LogP contribution is 2.32. The molecule has 0 fully saturated rings. The Morgan fingerprint density at radius 1 is 1.00 bits per heavy atom. The van der Waals surface area contributed by atoms with Gasteiger partial charge in [-0.25, -0.2) is 0 Å². The van der Waals surface area contributed by atoms with Crippen LogP contribution in [0.15, 0.2) is 42.5 Å². The minimum Gasteiger partial charge on any atom is -0.492 e. The number of hydrogen-bond donors (Lipinski definition) is 0. The molecule has 0 saturated heterocycles. The van der Waals surface area contributed by atoms with Crippen molar-refractivity contribution in [3.63, 3.8) is 0 Å². The predicted molar refractivity (Wildman–Crippen MR) is 73.0 cm³/mol. The topological polar surface area (TPSA) is 35.5 Å². The number of benzene rings is 2. The quantitative estimate of drug-likeness (QED) is 0.833. The van der Waals surface area contributed by atoms with Crippen LogP contribution in [0.4, 0.5) is 13.2 Å². The standard InChI is InChI=1S/C16H11F3O3/c17-16(18,19)22-12-4-1-10(2-5-12)11-3-6-13-14(20)7-8-21-15(13)9-11/h1-6,9H,7-8H2. The van der Waals surface area contributed by atoms with Crippen LogP contribution in [0.1, 0.15) is 16.8 Å². The second-order valence-corrected chi connectivity index (χ2v) is 4.80. The molecule has 1 aliphatic rings. The average Bonchev–Trinajstić information content (AvgIpc) is 2.46. The third-order valence-corrected chi connectivity index (χ3v) is 3.29. The summed E-state index contributed by atoms with van der Waals surface area (Å²) >= 11 is 0. The largest absolute Gasteiger partial charge is 0.573 e. The molecule has 0 radical (unpaired) electrons. The van der Waals surface area contributed by atoms with Gasteiger partial charge < -0.3 is 9.47 Å². The van der Waals surface area contributed by atoms with Crippen LogP contribution in [0.5, 0.6) is 11.5 Å². The molecule has 0 atom stereocenters. The molecule has 2 aromatic carbocycles. The number of carbonyl (C=O) groups excluding carboxylic acids is 1. The van der Waals surface area contributed by atoms with E-state index in [1.165, 1.54) is 24.3 Å². The van der Waals surface area contributed by atoms with Gasteiger partial charge >= 0.3 is 6.36 Å². The van der Waals surface area contributed by atoms with E-state index in [1.54, 1.807) is 18.2 Å². The van der Waals surface area contributed by atoms with Crippen molar-refractivity contribution in [2.75, 3.05) is 6.61 Å². The van der Waals surface area contributed by atoms with Crippen LogP contribution >= 0.6 is 0 Å². The second-order valence-electron chi connectivity index (χ2n) is 4.80. The number of Topliss-reactive ketones (excluding diaryl/α,β-unsaturated/α-hetero) is 1. The molecule has 0 bridgehead atoms. The number of ether oxygens (including phenoxy) is 2. The van der Waals surface area contributed by atoms with Gasteiger partial charge in [0, 0.05) is 6.42 Å². The number of fused-ring (bicyclic) bond motifs is 1. The summed E-state index contributed by atoms with van der Waals surface area (Å²) in [6.45, 7) is 0.341. The Morgan fingerprint density at radius 2 is 1.68 bits per heavy atom. The number of alkyl halides is 3. The highest BCUT2D eigenvalue weighted by molar-refractivity contribution is 6.00. The van der Waals surface area contributed by atoms with E-state index in [0.717, 1.165) is 5.56 Å². The first-order valence-electron chi connectivity index (χ1n) is 6.59. The summed E-state index contributed by atoms with van der Waals surface area (Å²) in [6.07, 6.45) is -4.35. The van der Waals surface area contributed by atoms with Crippen molar-refractivity contribution < 1.29 is 27.4 Å². The lowest BCUT2D eigenvalue weighted by Crippen LogP contribution is -2.16. The third kappa shape index (κ3) is 3.05. The van der Waals surface area contributed by atoms with Crippen LogP contribution in [0.25, 0.3) is 11.1 Å². The number of halogens is 3. The van der Waals surface area contributed by atoms with Crippen molar-refractivity contribution in [1.29, 1.82) is 0 Å². The van der Waals surface area contributed by atoms with Crippen molar-refractivity contribution in [2.45, 2.75) is 12.8 Å². The summed E-state index contributed by atoms with van der Waals surface area (Å²) in [7, 11) is 0. The molecule has 114 valence electrons. The second kappa shape index (κ2) is 5.36. The van der Waals surface area contributed by atoms with Gasteiger partial charge in [0.1, 0.15) is 11.5 Å². The molecule has 1 heterocycles. The molecule has 0 amide bonds. The molecule has 0 unspecified atom stereocenters. The fourth-order valence-electron chi connectivity index (χ4n) is 2.29. The molecule has 6 heteroatoms. The molecule has 0 spiro atoms. The smallest absolute Gasteiger partial charge is 0.492 e. The van der Waals surface area contributed by atoms with Gasteiger partial charge in [-0.05, 0) is 35.4 Å². The fraction of sp³-hybridized carbons (Fsp3) is 0.188. The summed E-state index contributed by atoms with van der Waals surface area (Å²) < 4.78 is 45.6. The monoisotopic (exact) mass is 308 g/mol. The lowest BCUT2D eigenvalue weighted by atomic mass is 9.99. The van der Waals surface area contributed by atoms with E-state index >= 15 is 0 Å². The summed E-state index contributed by atoms with van der Waals surface area (Å²) in [6, 6.07) is 10.7. The van der Waals surface area contributed by atoms with Crippen LogP contribution in [0.2, 0.25) is 0 Å². The maximum atomic E-state index is 12.1. The molecule has 3 nitrogen and oxygen atoms in total. The maximum absolute atomic E-state index is 12.1. The van der Waals surface area contributed by atoms with Crippen molar-refractivity contribution in [3.05, 3.63) is 48.0 Å². The van der Waals surface area contributed by atoms with E-state index in [1.807, 2.05) is 0 Å². The third-order valence-electron chi connectivity index (χ3n) is 3.29. The summed E-state index contributed by atoms with van der Waals surface area (Å²) in [5, 5.41) is 0. The Bertz CT molecular complexity index is 706. The Hall–Kier alpha value is -2.50. The number of rotatable bonds is 2. The van der Waals surface area contributed by atoms with Gasteiger partial charge in [-0.15, -0.1) is 13.2 Å². The van der Waals surface area contributed by atoms with Gasteiger partial charge in [-0.2, -0.15) is 0 Å². The molecule has 0 N–H and O–H groups in total. The zero-order valence-electron chi connectivity index (χ0n) is 11.3. The van der Waals surface area contributed by atoms with Crippen LogP contribution in [0.3, 0.4) is 0 Å². The van der Waals surface area contributed by atoms with E-state index in [0.29, 0.717) is 29.9 Å². The first-order valence-corrected chi connectivity index (χ1v) is 6.59. The molecular formula is C16H11F3O3. The maximum Gasteiger partial charge on any atom is 0.573 e. The number of hydrogen-bond acceptors (Lipinski definition) is 3. The van der Waals surface area contributed by atoms with E-state index in [2.05, 4.69) is 4.74 Å². The minimum atomic E-state index is -4.71. The van der Waals surface area contributed by atoms with Gasteiger partial charge in [0.25, 0.3) is 0 Å². The van der Waals surface area contributed by atoms with E-state index in [9.17, 15) is 18.0 Å². The van der Waals surface area contributed by atoms with E-state index in [4.69, 9.17) is 4.74 Å². The molecule has 0 aliphatic carbocycles. The molecule has 0 saturated carbocycles. The summed E-state index contributed by atoms with van der Waals surface area (Å²) in [5.74, 6) is 0.256. The fourth-order valence-corrected chi connectivity index (χ4v) is 2.29. The highest BCUT2D eigenvalue weighted by atomic mass is 19.4. The van der Waals surface area contributed by atoms with Crippen molar-refractivity contribution in [3.8, 4) is 22.6 Å². The Morgan fingerprint density at radius 3 is 2.36 bits per heavy atom. The van der Waals surface area contributed by atoms with Crippen molar-refractivity contribution >= 4 is 5.78 Å². The number of carbonyl (C=O) groups is 1. The molecule has 3 rings (SSSR count). The highest BCUT2D eigenvalue weighted by Gasteiger charge is 2.31. The first-order chi connectivity index (χ1) is 10.4. The van der Waals surface area contributed by atoms with E-state index in [-0.39, 0.29) is 11.5 Å². The zero-order valence-corrected chi connectivity index (χ0v) is 11.3. The normalized spacial score (nSPS) is 14.2. The van der Waals surface area contributed by atoms with Crippen LogP contribution in [-0.2, 0) is 0 Å². The number of ketones is 1. The lowest BCUT2D eigenvalue weighted by molar-refractivity contribution is -0.274. The summed E-state index contributed by atoms with van der Waals surface area (Å²) in [5.41, 5.74) is 2.00. The zero-order chi connectivity index (χ0) is 15.7. The Kier molecular flexibility index (Phi) is 3.52. The van der Waals surface area contributed by atoms with Gasteiger partial charge in [-0.3, -0.25) is 4.79 Å². The predicted octanol–water partition coefficient (Wildman–Crippen LogP) is 4.22. The summed E-state index contributed by atoms with van der Waals surface area (Å²) in [4.78, 5) is 11.7. The van der Waals surface area contributed by atoms with Crippen LogP contribution in [-0.4, -0.2) is 18.8 Å².